The Labute approximate surface area is 108 Å². The summed E-state index contributed by atoms with van der Waals surface area (Å²) in [6.45, 7) is 5.71. The van der Waals surface area contributed by atoms with Crippen molar-refractivity contribution in [2.75, 3.05) is 19.6 Å². The Morgan fingerprint density at radius 2 is 2.06 bits per heavy atom. The van der Waals surface area contributed by atoms with Gasteiger partial charge >= 0.3 is 0 Å². The Hall–Kier alpha value is -1.32. The molecule has 2 aliphatic rings. The molecule has 1 saturated carbocycles. The molecule has 2 amide bonds. The summed E-state index contributed by atoms with van der Waals surface area (Å²) in [5.41, 5.74) is 0. The molecule has 2 rings (SSSR count). The van der Waals surface area contributed by atoms with Crippen molar-refractivity contribution >= 4 is 11.8 Å². The molecule has 4 nitrogen and oxygen atoms in total. The van der Waals surface area contributed by atoms with Crippen molar-refractivity contribution in [1.29, 1.82) is 0 Å². The number of hydrogen-bond acceptors (Lipinski definition) is 2. The summed E-state index contributed by atoms with van der Waals surface area (Å²) >= 11 is 0. The average molecular weight is 250 g/mol. The Balaban J connectivity index is 1.79. The number of hydrogen-bond donors (Lipinski definition) is 1. The van der Waals surface area contributed by atoms with Gasteiger partial charge in [0.2, 0.25) is 11.8 Å². The summed E-state index contributed by atoms with van der Waals surface area (Å²) in [6.07, 6.45) is 6.50. The van der Waals surface area contributed by atoms with Gasteiger partial charge in [0.05, 0.1) is 5.92 Å². The Morgan fingerprint density at radius 3 is 2.72 bits per heavy atom. The normalized spacial score (nSPS) is 23.6. The van der Waals surface area contributed by atoms with Crippen molar-refractivity contribution in [3.05, 3.63) is 12.7 Å². The van der Waals surface area contributed by atoms with E-state index in [1.165, 1.54) is 0 Å². The number of carbonyl (C=O) groups is 2. The lowest BCUT2D eigenvalue weighted by Gasteiger charge is -2.32. The zero-order valence-electron chi connectivity index (χ0n) is 10.9. The topological polar surface area (TPSA) is 49.4 Å². The molecule has 0 aromatic carbocycles. The lowest BCUT2D eigenvalue weighted by atomic mass is 9.96. The van der Waals surface area contributed by atoms with E-state index in [0.29, 0.717) is 13.1 Å². The molecule has 0 spiro atoms. The maximum atomic E-state index is 12.0. The van der Waals surface area contributed by atoms with E-state index in [-0.39, 0.29) is 23.7 Å². The van der Waals surface area contributed by atoms with Crippen LogP contribution in [0.3, 0.4) is 0 Å². The smallest absolute Gasteiger partial charge is 0.225 e. The Kier molecular flexibility index (Phi) is 4.39. The molecule has 0 radical (unpaired) electrons. The Bertz CT molecular complexity index is 337. The lowest BCUT2D eigenvalue weighted by Crippen LogP contribution is -2.46. The first-order valence-electron chi connectivity index (χ1n) is 6.89. The molecule has 2 fully saturated rings. The lowest BCUT2D eigenvalue weighted by molar-refractivity contribution is -0.136. The van der Waals surface area contributed by atoms with Gasteiger partial charge in [0.15, 0.2) is 0 Å². The number of carbonyl (C=O) groups excluding carboxylic acids is 2. The summed E-state index contributed by atoms with van der Waals surface area (Å²) in [5, 5.41) is 2.91. The second-order valence-electron chi connectivity index (χ2n) is 5.27. The van der Waals surface area contributed by atoms with Crippen molar-refractivity contribution in [2.45, 2.75) is 32.1 Å². The Morgan fingerprint density at radius 1 is 1.28 bits per heavy atom. The number of nitrogens with one attached hydrogen (secondary N) is 1. The van der Waals surface area contributed by atoms with E-state index in [2.05, 4.69) is 11.9 Å². The molecule has 1 heterocycles. The van der Waals surface area contributed by atoms with Gasteiger partial charge in [0.25, 0.3) is 0 Å². The summed E-state index contributed by atoms with van der Waals surface area (Å²) in [7, 11) is 0. The van der Waals surface area contributed by atoms with Gasteiger partial charge in [0.1, 0.15) is 0 Å². The van der Waals surface area contributed by atoms with Gasteiger partial charge in [-0.2, -0.15) is 0 Å². The number of rotatable bonds is 5. The molecule has 4 heteroatoms. The summed E-state index contributed by atoms with van der Waals surface area (Å²) in [4.78, 5) is 25.8. The van der Waals surface area contributed by atoms with Crippen LogP contribution in [0, 0.1) is 11.8 Å². The minimum Gasteiger partial charge on any atom is -0.355 e. The third-order valence-electron chi connectivity index (χ3n) is 3.68. The molecule has 1 atom stereocenters. The van der Waals surface area contributed by atoms with Crippen molar-refractivity contribution in [3.8, 4) is 0 Å². The molecule has 1 N–H and O–H groups in total. The average Bonchev–Trinajstić information content (AvgIpc) is 3.22. The zero-order valence-corrected chi connectivity index (χ0v) is 10.9. The largest absolute Gasteiger partial charge is 0.355 e. The predicted molar refractivity (Wildman–Crippen MR) is 69.9 cm³/mol. The molecular formula is C14H22N2O2. The third-order valence-corrected chi connectivity index (χ3v) is 3.68. The van der Waals surface area contributed by atoms with Gasteiger partial charge in [-0.25, -0.2) is 0 Å². The van der Waals surface area contributed by atoms with Crippen molar-refractivity contribution in [3.63, 3.8) is 0 Å². The predicted octanol–water partition coefficient (Wildman–Crippen LogP) is 1.33. The second kappa shape index (κ2) is 6.03. The third kappa shape index (κ3) is 3.34. The van der Waals surface area contributed by atoms with Crippen LogP contribution < -0.4 is 5.32 Å². The molecule has 1 saturated heterocycles. The van der Waals surface area contributed by atoms with E-state index in [0.717, 1.165) is 38.6 Å². The van der Waals surface area contributed by atoms with Gasteiger partial charge in [-0.1, -0.05) is 6.08 Å². The first kappa shape index (κ1) is 13.1. The van der Waals surface area contributed by atoms with Crippen LogP contribution in [-0.2, 0) is 9.59 Å². The number of likely N-dealkylation sites (tertiary alicyclic amines) is 1. The van der Waals surface area contributed by atoms with E-state index in [1.807, 2.05) is 4.90 Å². The van der Waals surface area contributed by atoms with Crippen LogP contribution in [0.15, 0.2) is 12.7 Å². The maximum Gasteiger partial charge on any atom is 0.225 e. The molecule has 1 aliphatic heterocycles. The highest BCUT2D eigenvalue weighted by atomic mass is 16.2. The van der Waals surface area contributed by atoms with Crippen LogP contribution in [0.4, 0.5) is 0 Å². The quantitative estimate of drug-likeness (QED) is 0.591. The molecular weight excluding hydrogens is 228 g/mol. The summed E-state index contributed by atoms with van der Waals surface area (Å²) in [6, 6.07) is 0. The van der Waals surface area contributed by atoms with Crippen LogP contribution in [0.5, 0.6) is 0 Å². The molecule has 18 heavy (non-hydrogen) atoms. The van der Waals surface area contributed by atoms with Crippen LogP contribution in [0.25, 0.3) is 0 Å². The van der Waals surface area contributed by atoms with Gasteiger partial charge in [0, 0.05) is 25.6 Å². The van der Waals surface area contributed by atoms with Crippen LogP contribution in [0.1, 0.15) is 32.1 Å². The van der Waals surface area contributed by atoms with Gasteiger partial charge in [-0.3, -0.25) is 9.59 Å². The highest BCUT2D eigenvalue weighted by Gasteiger charge is 2.36. The molecule has 0 aromatic rings. The fraction of sp³-hybridized carbons (Fsp3) is 0.714. The van der Waals surface area contributed by atoms with Crippen molar-refractivity contribution < 1.29 is 9.59 Å². The minimum absolute atomic E-state index is 0.0220. The highest BCUT2D eigenvalue weighted by Crippen LogP contribution is 2.32. The summed E-state index contributed by atoms with van der Waals surface area (Å²) < 4.78 is 0. The van der Waals surface area contributed by atoms with E-state index >= 15 is 0 Å². The van der Waals surface area contributed by atoms with Crippen molar-refractivity contribution in [1.82, 2.24) is 10.2 Å². The maximum absolute atomic E-state index is 12.0. The SMILES string of the molecule is C=CCCNC(=O)C1CCCN(C(=O)C2CC2)C1. The second-order valence-corrected chi connectivity index (χ2v) is 5.27. The molecule has 1 unspecified atom stereocenters. The van der Waals surface area contributed by atoms with Gasteiger partial charge < -0.3 is 10.2 Å². The van der Waals surface area contributed by atoms with E-state index < -0.39 is 0 Å². The van der Waals surface area contributed by atoms with E-state index in [4.69, 9.17) is 0 Å². The highest BCUT2D eigenvalue weighted by molar-refractivity contribution is 5.83. The van der Waals surface area contributed by atoms with Crippen LogP contribution >= 0.6 is 0 Å². The van der Waals surface area contributed by atoms with Crippen LogP contribution in [-0.4, -0.2) is 36.3 Å². The fourth-order valence-corrected chi connectivity index (χ4v) is 2.42. The molecule has 0 aromatic heterocycles. The van der Waals surface area contributed by atoms with E-state index in [9.17, 15) is 9.59 Å². The summed E-state index contributed by atoms with van der Waals surface area (Å²) in [5.74, 6) is 0.586. The van der Waals surface area contributed by atoms with E-state index in [1.54, 1.807) is 6.08 Å². The van der Waals surface area contributed by atoms with Gasteiger partial charge in [-0.05, 0) is 32.1 Å². The zero-order chi connectivity index (χ0) is 13.0. The monoisotopic (exact) mass is 250 g/mol. The first-order chi connectivity index (χ1) is 8.72. The van der Waals surface area contributed by atoms with Crippen molar-refractivity contribution in [2.24, 2.45) is 11.8 Å². The number of amides is 2. The first-order valence-corrected chi connectivity index (χ1v) is 6.89. The minimum atomic E-state index is -0.0220. The molecule has 100 valence electrons. The standard InChI is InChI=1S/C14H22N2O2/c1-2-3-8-15-13(17)12-5-4-9-16(10-12)14(18)11-6-7-11/h2,11-12H,1,3-10H2,(H,15,17). The molecule has 1 aliphatic carbocycles. The molecule has 0 bridgehead atoms. The van der Waals surface area contributed by atoms with Gasteiger partial charge in [-0.15, -0.1) is 6.58 Å². The van der Waals surface area contributed by atoms with Crippen LogP contribution in [0.2, 0.25) is 0 Å². The number of nitrogens with zero attached hydrogens (tertiary/aromatic N) is 1. The number of piperidine rings is 1. The fourth-order valence-electron chi connectivity index (χ4n) is 2.42.